The van der Waals surface area contributed by atoms with Crippen LogP contribution in [0, 0.1) is 46.5 Å². The summed E-state index contributed by atoms with van der Waals surface area (Å²) in [6.45, 7) is 30.0. The largest absolute Gasteiger partial charge is 0.512 e. The molecule has 0 saturated carbocycles. The van der Waals surface area contributed by atoms with Crippen molar-refractivity contribution in [2.45, 2.75) is 121 Å². The van der Waals surface area contributed by atoms with Gasteiger partial charge in [0.2, 0.25) is 0 Å². The summed E-state index contributed by atoms with van der Waals surface area (Å²) >= 11 is 0. The number of nitrogens with zero attached hydrogens (tertiary/aromatic N) is 1. The molecule has 0 spiro atoms. The molecule has 0 saturated heterocycles. The molecule has 2 aliphatic rings. The topological polar surface area (TPSA) is 59.4 Å². The van der Waals surface area contributed by atoms with Gasteiger partial charge in [0, 0.05) is 48.5 Å². The van der Waals surface area contributed by atoms with Crippen molar-refractivity contribution in [3.8, 4) is 17.0 Å². The van der Waals surface area contributed by atoms with Crippen LogP contribution < -0.4 is 4.74 Å². The summed E-state index contributed by atoms with van der Waals surface area (Å²) in [6.07, 6.45) is 2.65. The number of ketones is 1. The standard InChI is InChI=1S/C30H28NO.C19H36O2.Ir/c1-18(2)16-19-12-14-24-20(17-19)13-15-25(31-24)21-9-7-10-23-27(21)30(3,4)28-22-8-5-6-11-26(22)32-29(23)28;1-12(2)18(9,13(3)4)16(20)11-17(21)19(10,14(5)6)15(7)8;/h5-8,10-15,17-18,28-29H,16H2,1-4H3;11-15,20H,1-10H3;/q-1;;/b;16-11-;. The van der Waals surface area contributed by atoms with Crippen LogP contribution in [-0.4, -0.2) is 15.9 Å². The van der Waals surface area contributed by atoms with Crippen LogP contribution >= 0.6 is 0 Å². The maximum atomic E-state index is 12.8. The summed E-state index contributed by atoms with van der Waals surface area (Å²) in [6, 6.07) is 27.3. The van der Waals surface area contributed by atoms with Gasteiger partial charge in [-0.2, -0.15) is 0 Å². The molecule has 3 aromatic carbocycles. The number of carbonyl (C=O) groups excluding carboxylic acids is 1. The quantitative estimate of drug-likeness (QED) is 0.0978. The molecule has 4 aromatic rings. The summed E-state index contributed by atoms with van der Waals surface area (Å²) in [5, 5.41) is 11.8. The molecule has 0 bridgehead atoms. The van der Waals surface area contributed by atoms with Gasteiger partial charge in [0.25, 0.3) is 0 Å². The Kier molecular flexibility index (Phi) is 13.2. The maximum absolute atomic E-state index is 12.8. The van der Waals surface area contributed by atoms with Crippen LogP contribution in [0.3, 0.4) is 0 Å². The van der Waals surface area contributed by atoms with Gasteiger partial charge in [0.1, 0.15) is 17.6 Å². The molecule has 54 heavy (non-hydrogen) atoms. The number of hydrogen-bond donors (Lipinski definition) is 1. The first-order valence-electron chi connectivity index (χ1n) is 19.9. The van der Waals surface area contributed by atoms with Crippen LogP contribution in [0.2, 0.25) is 0 Å². The van der Waals surface area contributed by atoms with Crippen molar-refractivity contribution >= 4 is 16.7 Å². The van der Waals surface area contributed by atoms with Crippen LogP contribution in [-0.2, 0) is 36.7 Å². The van der Waals surface area contributed by atoms with E-state index >= 15 is 0 Å². The fourth-order valence-corrected chi connectivity index (χ4v) is 8.87. The molecular formula is C49H64IrNO3-. The van der Waals surface area contributed by atoms with E-state index < -0.39 is 5.41 Å². The number of aromatic nitrogens is 1. The molecule has 5 heteroatoms. The third-order valence-corrected chi connectivity index (χ3v) is 13.4. The number of hydrogen-bond acceptors (Lipinski definition) is 4. The Hall–Kier alpha value is -3.27. The second kappa shape index (κ2) is 16.4. The molecule has 1 radical (unpaired) electrons. The number of allylic oxidation sites excluding steroid dienone is 2. The van der Waals surface area contributed by atoms with Crippen LogP contribution in [0.1, 0.15) is 131 Å². The van der Waals surface area contributed by atoms with E-state index in [0.29, 0.717) is 11.8 Å². The predicted molar refractivity (Wildman–Crippen MR) is 221 cm³/mol. The van der Waals surface area contributed by atoms with E-state index in [2.05, 4.69) is 150 Å². The fraction of sp³-hybridized carbons (Fsp3) is 0.510. The van der Waals surface area contributed by atoms with Gasteiger partial charge < -0.3 is 9.84 Å². The summed E-state index contributed by atoms with van der Waals surface area (Å²) in [4.78, 5) is 17.9. The first-order chi connectivity index (χ1) is 24.8. The molecule has 4 nitrogen and oxygen atoms in total. The van der Waals surface area contributed by atoms with Crippen molar-refractivity contribution in [1.82, 2.24) is 4.98 Å². The Morgan fingerprint density at radius 3 is 2.06 bits per heavy atom. The van der Waals surface area contributed by atoms with Crippen LogP contribution in [0.15, 0.2) is 78.6 Å². The number of fused-ring (bicyclic) bond motifs is 6. The molecule has 2 unspecified atom stereocenters. The van der Waals surface area contributed by atoms with Crippen LogP contribution in [0.4, 0.5) is 0 Å². The van der Waals surface area contributed by atoms with E-state index in [1.807, 2.05) is 19.9 Å². The first-order valence-corrected chi connectivity index (χ1v) is 19.9. The molecule has 6 rings (SSSR count). The van der Waals surface area contributed by atoms with E-state index in [9.17, 15) is 9.90 Å². The van der Waals surface area contributed by atoms with E-state index in [-0.39, 0.29) is 72.3 Å². The van der Waals surface area contributed by atoms with Crippen molar-refractivity contribution in [3.05, 3.63) is 107 Å². The van der Waals surface area contributed by atoms with Gasteiger partial charge in [-0.15, -0.1) is 29.3 Å². The van der Waals surface area contributed by atoms with Crippen molar-refractivity contribution < 1.29 is 34.7 Å². The summed E-state index contributed by atoms with van der Waals surface area (Å²) < 4.78 is 6.46. The van der Waals surface area contributed by atoms with Crippen molar-refractivity contribution in [2.75, 3.05) is 0 Å². The van der Waals surface area contributed by atoms with E-state index in [4.69, 9.17) is 9.72 Å². The molecule has 1 aliphatic carbocycles. The molecule has 2 heterocycles. The number of para-hydroxylation sites is 1. The SMILES string of the molecule is CC(C)C(C)(C(=O)/C=C(\O)C(C)(C(C)C)C(C)C)C(C)C.CC(C)Cc1ccc2nc(-c3[c-]ccc4c3C(C)(C)C3c5ccccc5OC43)ccc2c1.[Ir]. The molecule has 1 aromatic heterocycles. The van der Waals surface area contributed by atoms with E-state index in [1.54, 1.807) is 0 Å². The van der Waals surface area contributed by atoms with E-state index in [1.165, 1.54) is 33.7 Å². The second-order valence-corrected chi connectivity index (χ2v) is 18.4. The minimum absolute atomic E-state index is 0. The number of benzene rings is 3. The summed E-state index contributed by atoms with van der Waals surface area (Å²) in [5.41, 5.74) is 7.55. The molecular weight excluding hydrogens is 843 g/mol. The van der Waals surface area contributed by atoms with Crippen LogP contribution in [0.5, 0.6) is 5.75 Å². The normalized spacial score (nSPS) is 17.6. The second-order valence-electron chi connectivity index (χ2n) is 18.4. The van der Waals surface area contributed by atoms with Gasteiger partial charge in [-0.05, 0) is 76.3 Å². The van der Waals surface area contributed by atoms with Gasteiger partial charge in [-0.25, -0.2) is 0 Å². The van der Waals surface area contributed by atoms with E-state index in [0.717, 1.165) is 28.9 Å². The van der Waals surface area contributed by atoms with Crippen LogP contribution in [0.25, 0.3) is 22.2 Å². The average Bonchev–Trinajstić information content (AvgIpc) is 3.60. The van der Waals surface area contributed by atoms with Crippen molar-refractivity contribution in [1.29, 1.82) is 0 Å². The molecule has 0 amide bonds. The summed E-state index contributed by atoms with van der Waals surface area (Å²) in [7, 11) is 0. The number of carbonyl (C=O) groups is 1. The monoisotopic (exact) mass is 907 g/mol. The first kappa shape index (κ1) is 43.5. The fourth-order valence-electron chi connectivity index (χ4n) is 8.87. The number of rotatable bonds is 10. The minimum Gasteiger partial charge on any atom is -0.512 e. The Morgan fingerprint density at radius 2 is 1.46 bits per heavy atom. The average molecular weight is 907 g/mol. The maximum Gasteiger partial charge on any atom is 0.165 e. The molecule has 1 N–H and O–H groups in total. The Morgan fingerprint density at radius 1 is 0.852 bits per heavy atom. The molecule has 2 atom stereocenters. The zero-order valence-electron chi connectivity index (χ0n) is 35.2. The molecule has 1 aliphatic heterocycles. The predicted octanol–water partition coefficient (Wildman–Crippen LogP) is 13.0. The molecule has 293 valence electrons. The van der Waals surface area contributed by atoms with Crippen molar-refractivity contribution in [3.63, 3.8) is 0 Å². The van der Waals surface area contributed by atoms with Gasteiger partial charge >= 0.3 is 0 Å². The zero-order chi connectivity index (χ0) is 39.2. The number of aliphatic hydroxyl groups excluding tert-OH is 1. The zero-order valence-corrected chi connectivity index (χ0v) is 37.6. The number of aliphatic hydroxyl groups is 1. The number of ether oxygens (including phenoxy) is 1. The van der Waals surface area contributed by atoms with Gasteiger partial charge in [0.15, 0.2) is 5.78 Å². The molecule has 0 fully saturated rings. The Bertz CT molecular complexity index is 1970. The van der Waals surface area contributed by atoms with Crippen molar-refractivity contribution in [2.24, 2.45) is 40.4 Å². The van der Waals surface area contributed by atoms with Gasteiger partial charge in [0.05, 0.1) is 5.52 Å². The Balaban J connectivity index is 0.000000261. The smallest absolute Gasteiger partial charge is 0.165 e. The number of pyridine rings is 1. The minimum atomic E-state index is -0.442. The third-order valence-electron chi connectivity index (χ3n) is 13.4. The Labute approximate surface area is 340 Å². The third kappa shape index (κ3) is 7.74. The summed E-state index contributed by atoms with van der Waals surface area (Å²) in [5.74, 6) is 3.25. The van der Waals surface area contributed by atoms with Gasteiger partial charge in [-0.3, -0.25) is 9.78 Å². The van der Waals surface area contributed by atoms with Gasteiger partial charge in [-0.1, -0.05) is 139 Å².